The molecule has 9 nitrogen and oxygen atoms in total. The molecule has 0 aliphatic carbocycles. The Labute approximate surface area is 441 Å². The van der Waals surface area contributed by atoms with Crippen molar-refractivity contribution in [1.29, 1.82) is 0 Å². The maximum absolute atomic E-state index is 13.0. The van der Waals surface area contributed by atoms with Crippen LogP contribution >= 0.6 is 0 Å². The molecule has 7 unspecified atom stereocenters. The van der Waals surface area contributed by atoms with Gasteiger partial charge in [0.25, 0.3) is 0 Å². The normalized spacial score (nSPS) is 19.9. The van der Waals surface area contributed by atoms with E-state index in [0.717, 1.165) is 64.2 Å². The molecule has 0 aromatic heterocycles. The molecule has 1 aliphatic rings. The lowest BCUT2D eigenvalue weighted by Gasteiger charge is -2.40. The van der Waals surface area contributed by atoms with Crippen LogP contribution in [0.4, 0.5) is 0 Å². The van der Waals surface area contributed by atoms with Crippen LogP contribution in [-0.4, -0.2) is 87.5 Å². The van der Waals surface area contributed by atoms with Crippen LogP contribution in [0, 0.1) is 0 Å². The highest BCUT2D eigenvalue weighted by molar-refractivity contribution is 5.76. The SMILES string of the molecule is CC/C=C\C/C=C\C/C=C\C/C=C\C/C=C\CCCC(=O)NC(COC1OC(CO)C(O)C(O)C1O)C(O)/C=C/CC/C=C/CC/C=C/CCCCCCCCCCCCCCCCCCCCCCCC. The largest absolute Gasteiger partial charge is 0.394 e. The van der Waals surface area contributed by atoms with Crippen molar-refractivity contribution in [3.05, 3.63) is 97.2 Å². The summed E-state index contributed by atoms with van der Waals surface area (Å²) >= 11 is 0. The second-order valence-corrected chi connectivity index (χ2v) is 20.0. The van der Waals surface area contributed by atoms with Gasteiger partial charge < -0.3 is 40.3 Å². The molecule has 0 saturated carbocycles. The fourth-order valence-corrected chi connectivity index (χ4v) is 8.75. The van der Waals surface area contributed by atoms with E-state index in [0.29, 0.717) is 12.8 Å². The molecule has 1 rings (SSSR count). The zero-order valence-electron chi connectivity index (χ0n) is 45.9. The maximum atomic E-state index is 13.0. The first-order chi connectivity index (χ1) is 35.3. The second kappa shape index (κ2) is 51.6. The molecular formula is C63H109NO8. The Kier molecular flexibility index (Phi) is 48.1. The molecule has 7 atom stereocenters. The number of ether oxygens (including phenoxy) is 2. The number of unbranched alkanes of at least 4 members (excludes halogenated alkanes) is 25. The van der Waals surface area contributed by atoms with E-state index in [2.05, 4.69) is 104 Å². The average Bonchev–Trinajstić information content (AvgIpc) is 3.38. The van der Waals surface area contributed by atoms with Gasteiger partial charge in [-0.1, -0.05) is 246 Å². The maximum Gasteiger partial charge on any atom is 0.220 e. The molecule has 0 aromatic rings. The molecule has 1 heterocycles. The summed E-state index contributed by atoms with van der Waals surface area (Å²) in [6.45, 7) is 3.61. The number of aliphatic hydroxyl groups is 5. The fourth-order valence-electron chi connectivity index (χ4n) is 8.75. The van der Waals surface area contributed by atoms with Gasteiger partial charge in [0.05, 0.1) is 25.4 Å². The summed E-state index contributed by atoms with van der Waals surface area (Å²) in [5.41, 5.74) is 0. The molecule has 1 amide bonds. The van der Waals surface area contributed by atoms with Gasteiger partial charge in [0.2, 0.25) is 5.91 Å². The molecule has 0 spiro atoms. The van der Waals surface area contributed by atoms with Gasteiger partial charge >= 0.3 is 0 Å². The summed E-state index contributed by atoms with van der Waals surface area (Å²) in [5, 5.41) is 54.4. The Bertz CT molecular complexity index is 1450. The minimum atomic E-state index is -1.59. The number of hydrogen-bond acceptors (Lipinski definition) is 8. The Morgan fingerprint density at radius 2 is 0.875 bits per heavy atom. The van der Waals surface area contributed by atoms with Crippen LogP contribution in [0.2, 0.25) is 0 Å². The predicted molar refractivity (Wildman–Crippen MR) is 304 cm³/mol. The molecule has 0 radical (unpaired) electrons. The monoisotopic (exact) mass is 1010 g/mol. The Hall–Kier alpha value is -2.89. The van der Waals surface area contributed by atoms with E-state index in [1.54, 1.807) is 6.08 Å². The third-order valence-electron chi connectivity index (χ3n) is 13.4. The first-order valence-electron chi connectivity index (χ1n) is 29.5. The van der Waals surface area contributed by atoms with Crippen molar-refractivity contribution in [2.75, 3.05) is 13.2 Å². The number of hydrogen-bond donors (Lipinski definition) is 6. The summed E-state index contributed by atoms with van der Waals surface area (Å²) in [4.78, 5) is 13.0. The summed E-state index contributed by atoms with van der Waals surface area (Å²) in [5.74, 6) is -0.250. The van der Waals surface area contributed by atoms with E-state index >= 15 is 0 Å². The number of rotatable bonds is 49. The molecular weight excluding hydrogens is 899 g/mol. The summed E-state index contributed by atoms with van der Waals surface area (Å²) < 4.78 is 11.2. The lowest BCUT2D eigenvalue weighted by atomic mass is 9.99. The van der Waals surface area contributed by atoms with Crippen LogP contribution in [0.15, 0.2) is 97.2 Å². The van der Waals surface area contributed by atoms with E-state index in [1.807, 2.05) is 6.08 Å². The number of aliphatic hydroxyl groups excluding tert-OH is 5. The third kappa shape index (κ3) is 40.5. The van der Waals surface area contributed by atoms with Crippen molar-refractivity contribution in [3.8, 4) is 0 Å². The fraction of sp³-hybridized carbons (Fsp3) is 0.730. The van der Waals surface area contributed by atoms with Crippen LogP contribution in [0.25, 0.3) is 0 Å². The van der Waals surface area contributed by atoms with Crippen LogP contribution in [0.3, 0.4) is 0 Å². The van der Waals surface area contributed by atoms with Gasteiger partial charge in [-0.3, -0.25) is 4.79 Å². The van der Waals surface area contributed by atoms with E-state index < -0.39 is 49.5 Å². The summed E-state index contributed by atoms with van der Waals surface area (Å²) in [6, 6.07) is -0.865. The van der Waals surface area contributed by atoms with E-state index in [1.165, 1.54) is 141 Å². The van der Waals surface area contributed by atoms with Crippen LogP contribution in [0.1, 0.15) is 239 Å². The molecule has 9 heteroatoms. The van der Waals surface area contributed by atoms with E-state index in [9.17, 15) is 30.3 Å². The zero-order chi connectivity index (χ0) is 52.2. The first-order valence-corrected chi connectivity index (χ1v) is 29.5. The van der Waals surface area contributed by atoms with Gasteiger partial charge in [-0.05, 0) is 83.5 Å². The topological polar surface area (TPSA) is 149 Å². The molecule has 0 bridgehead atoms. The van der Waals surface area contributed by atoms with Crippen molar-refractivity contribution >= 4 is 5.91 Å². The third-order valence-corrected chi connectivity index (χ3v) is 13.4. The van der Waals surface area contributed by atoms with Crippen LogP contribution in [-0.2, 0) is 14.3 Å². The highest BCUT2D eigenvalue weighted by Gasteiger charge is 2.44. The highest BCUT2D eigenvalue weighted by atomic mass is 16.7. The van der Waals surface area contributed by atoms with E-state index in [4.69, 9.17) is 9.47 Å². The van der Waals surface area contributed by atoms with Crippen molar-refractivity contribution in [1.82, 2.24) is 5.32 Å². The molecule has 0 aromatic carbocycles. The smallest absolute Gasteiger partial charge is 0.220 e. The predicted octanol–water partition coefficient (Wildman–Crippen LogP) is 14.8. The molecule has 72 heavy (non-hydrogen) atoms. The van der Waals surface area contributed by atoms with Gasteiger partial charge in [-0.15, -0.1) is 0 Å². The Balaban J connectivity index is 2.25. The standard InChI is InChI=1S/C63H109NO8/c1-3-5-7-9-11-13-15-17-19-21-22-23-24-25-26-27-28-29-30-31-32-33-34-35-37-38-40-42-44-46-48-50-52-57(66)56(55-71-63-62(70)61(69)60(68)58(54-65)72-63)64-59(67)53-51-49-47-45-43-41-39-36-20-18-16-14-12-10-8-6-4-2/h6,8,12,14,18,20,35,37,39,41-42,44-45,47,50,52,56-58,60-63,65-66,68-70H,3-5,7,9-11,13,15-17,19,21-34,36,38,40,43,46,48-49,51,53-55H2,1-2H3,(H,64,67)/b8-6-,14-12-,20-18-,37-35+,41-39-,44-42+,47-45-,52-50+. The van der Waals surface area contributed by atoms with Crippen LogP contribution in [0.5, 0.6) is 0 Å². The number of allylic oxidation sites excluding steroid dienone is 15. The molecule has 1 saturated heterocycles. The molecule has 1 fully saturated rings. The van der Waals surface area contributed by atoms with E-state index in [-0.39, 0.29) is 18.9 Å². The number of carbonyl (C=O) groups excluding carboxylic acids is 1. The second-order valence-electron chi connectivity index (χ2n) is 20.0. The zero-order valence-corrected chi connectivity index (χ0v) is 45.9. The first kappa shape index (κ1) is 67.1. The molecule has 414 valence electrons. The highest BCUT2D eigenvalue weighted by Crippen LogP contribution is 2.23. The summed E-state index contributed by atoms with van der Waals surface area (Å²) in [6.07, 6.45) is 67.9. The quantitative estimate of drug-likeness (QED) is 0.0261. The van der Waals surface area contributed by atoms with Crippen molar-refractivity contribution in [3.63, 3.8) is 0 Å². The van der Waals surface area contributed by atoms with Gasteiger partial charge in [-0.2, -0.15) is 0 Å². The van der Waals surface area contributed by atoms with Gasteiger partial charge in [0.15, 0.2) is 6.29 Å². The Morgan fingerprint density at radius 3 is 1.33 bits per heavy atom. The molecule has 1 aliphatic heterocycles. The Morgan fingerprint density at radius 1 is 0.486 bits per heavy atom. The van der Waals surface area contributed by atoms with Crippen LogP contribution < -0.4 is 5.32 Å². The minimum absolute atomic E-state index is 0.234. The van der Waals surface area contributed by atoms with Gasteiger partial charge in [0, 0.05) is 6.42 Å². The van der Waals surface area contributed by atoms with Crippen molar-refractivity contribution in [2.24, 2.45) is 0 Å². The van der Waals surface area contributed by atoms with Gasteiger partial charge in [-0.25, -0.2) is 0 Å². The lowest BCUT2D eigenvalue weighted by Crippen LogP contribution is -2.60. The van der Waals surface area contributed by atoms with Gasteiger partial charge in [0.1, 0.15) is 24.4 Å². The summed E-state index contributed by atoms with van der Waals surface area (Å²) in [7, 11) is 0. The number of amides is 1. The van der Waals surface area contributed by atoms with Crippen molar-refractivity contribution in [2.45, 2.75) is 281 Å². The lowest BCUT2D eigenvalue weighted by molar-refractivity contribution is -0.302. The molecule has 6 N–H and O–H groups in total. The average molecular weight is 1010 g/mol. The van der Waals surface area contributed by atoms with Crippen molar-refractivity contribution < 1.29 is 39.8 Å². The number of carbonyl (C=O) groups is 1. The number of nitrogens with one attached hydrogen (secondary N) is 1. The minimum Gasteiger partial charge on any atom is -0.394 e.